The molecule has 1 aromatic heterocycles. The van der Waals surface area contributed by atoms with E-state index in [0.717, 1.165) is 12.0 Å². The Bertz CT molecular complexity index is 673. The SMILES string of the molecule is CCC(C)(C)NC(=O)CSCc1ccc(F)c2cccnc12. The lowest BCUT2D eigenvalue weighted by atomic mass is 10.0. The van der Waals surface area contributed by atoms with Crippen LogP contribution >= 0.6 is 11.8 Å². The van der Waals surface area contributed by atoms with Gasteiger partial charge in [-0.15, -0.1) is 11.8 Å². The summed E-state index contributed by atoms with van der Waals surface area (Å²) in [5.74, 6) is 0.777. The zero-order valence-electron chi connectivity index (χ0n) is 13.1. The Balaban J connectivity index is 1.98. The number of thioether (sulfide) groups is 1. The molecule has 0 unspecified atom stereocenters. The normalized spacial score (nSPS) is 11.6. The van der Waals surface area contributed by atoms with Gasteiger partial charge in [0.1, 0.15) is 5.82 Å². The molecular formula is C17H21FN2OS. The number of benzene rings is 1. The molecule has 0 radical (unpaired) electrons. The molecule has 1 N–H and O–H groups in total. The molecule has 0 spiro atoms. The second-order valence-corrected chi connectivity index (χ2v) is 6.87. The number of carbonyl (C=O) groups is 1. The lowest BCUT2D eigenvalue weighted by Gasteiger charge is -2.24. The second-order valence-electron chi connectivity index (χ2n) is 5.88. The van der Waals surface area contributed by atoms with Crippen LogP contribution < -0.4 is 5.32 Å². The largest absolute Gasteiger partial charge is 0.351 e. The minimum absolute atomic E-state index is 0.0243. The molecule has 118 valence electrons. The Hall–Kier alpha value is -1.62. The molecule has 2 rings (SSSR count). The van der Waals surface area contributed by atoms with E-state index in [-0.39, 0.29) is 17.3 Å². The molecule has 1 aromatic carbocycles. The summed E-state index contributed by atoms with van der Waals surface area (Å²) >= 11 is 1.51. The highest BCUT2D eigenvalue weighted by atomic mass is 32.2. The summed E-state index contributed by atoms with van der Waals surface area (Å²) in [5.41, 5.74) is 1.44. The van der Waals surface area contributed by atoms with Gasteiger partial charge in [0.05, 0.1) is 11.3 Å². The van der Waals surface area contributed by atoms with E-state index in [0.29, 0.717) is 22.4 Å². The summed E-state index contributed by atoms with van der Waals surface area (Å²) < 4.78 is 13.7. The first-order valence-electron chi connectivity index (χ1n) is 7.34. The number of halogens is 1. The van der Waals surface area contributed by atoms with E-state index < -0.39 is 0 Å². The van der Waals surface area contributed by atoms with Gasteiger partial charge in [0.2, 0.25) is 5.91 Å². The summed E-state index contributed by atoms with van der Waals surface area (Å²) in [6.45, 7) is 6.06. The molecular weight excluding hydrogens is 299 g/mol. The van der Waals surface area contributed by atoms with Gasteiger partial charge in [-0.1, -0.05) is 13.0 Å². The Kier molecular flexibility index (Phi) is 5.40. The van der Waals surface area contributed by atoms with Gasteiger partial charge in [0, 0.05) is 22.9 Å². The van der Waals surface area contributed by atoms with Crippen molar-refractivity contribution < 1.29 is 9.18 Å². The summed E-state index contributed by atoms with van der Waals surface area (Å²) in [6.07, 6.45) is 2.54. The van der Waals surface area contributed by atoms with Crippen LogP contribution in [-0.2, 0) is 10.5 Å². The summed E-state index contributed by atoms with van der Waals surface area (Å²) in [7, 11) is 0. The quantitative estimate of drug-likeness (QED) is 0.877. The standard InChI is InChI=1S/C17H21FN2OS/c1-4-17(2,3)20-15(21)11-22-10-12-7-8-14(18)13-6-5-9-19-16(12)13/h5-9H,4,10-11H2,1-3H3,(H,20,21). The fourth-order valence-corrected chi connectivity index (χ4v) is 2.88. The highest BCUT2D eigenvalue weighted by Gasteiger charge is 2.17. The van der Waals surface area contributed by atoms with Gasteiger partial charge in [0.25, 0.3) is 0 Å². The van der Waals surface area contributed by atoms with E-state index in [1.807, 2.05) is 20.8 Å². The lowest BCUT2D eigenvalue weighted by Crippen LogP contribution is -2.43. The van der Waals surface area contributed by atoms with Crippen molar-refractivity contribution in [2.75, 3.05) is 5.75 Å². The highest BCUT2D eigenvalue weighted by Crippen LogP contribution is 2.23. The fourth-order valence-electron chi connectivity index (χ4n) is 2.07. The van der Waals surface area contributed by atoms with Crippen molar-refractivity contribution in [3.05, 3.63) is 41.8 Å². The van der Waals surface area contributed by atoms with E-state index in [9.17, 15) is 9.18 Å². The monoisotopic (exact) mass is 320 g/mol. The van der Waals surface area contributed by atoms with Crippen LogP contribution in [-0.4, -0.2) is 22.2 Å². The summed E-state index contributed by atoms with van der Waals surface area (Å²) in [6, 6.07) is 6.65. The van der Waals surface area contributed by atoms with Crippen molar-refractivity contribution in [1.82, 2.24) is 10.3 Å². The van der Waals surface area contributed by atoms with Gasteiger partial charge in [-0.2, -0.15) is 0 Å². The number of aromatic nitrogens is 1. The van der Waals surface area contributed by atoms with Crippen molar-refractivity contribution in [3.8, 4) is 0 Å². The van der Waals surface area contributed by atoms with Gasteiger partial charge >= 0.3 is 0 Å². The number of carbonyl (C=O) groups excluding carboxylic acids is 1. The first kappa shape index (κ1) is 16.7. The van der Waals surface area contributed by atoms with E-state index in [4.69, 9.17) is 0 Å². The third-order valence-corrected chi connectivity index (χ3v) is 4.63. The Morgan fingerprint density at radius 2 is 2.14 bits per heavy atom. The molecule has 0 saturated carbocycles. The summed E-state index contributed by atoms with van der Waals surface area (Å²) in [4.78, 5) is 16.2. The maximum atomic E-state index is 13.7. The molecule has 0 aliphatic carbocycles. The van der Waals surface area contributed by atoms with Crippen molar-refractivity contribution in [2.24, 2.45) is 0 Å². The molecule has 1 amide bonds. The van der Waals surface area contributed by atoms with E-state index in [1.165, 1.54) is 17.8 Å². The maximum absolute atomic E-state index is 13.7. The van der Waals surface area contributed by atoms with Crippen LogP contribution in [0.15, 0.2) is 30.5 Å². The third kappa shape index (κ3) is 4.19. The number of nitrogens with one attached hydrogen (secondary N) is 1. The number of fused-ring (bicyclic) bond motifs is 1. The smallest absolute Gasteiger partial charge is 0.230 e. The molecule has 0 aliphatic heterocycles. The second kappa shape index (κ2) is 7.09. The predicted octanol–water partition coefficient (Wildman–Crippen LogP) is 3.91. The zero-order valence-corrected chi connectivity index (χ0v) is 14.0. The van der Waals surface area contributed by atoms with Gasteiger partial charge in [-0.25, -0.2) is 4.39 Å². The van der Waals surface area contributed by atoms with Crippen molar-refractivity contribution in [2.45, 2.75) is 38.5 Å². The van der Waals surface area contributed by atoms with Crippen LogP contribution in [0.25, 0.3) is 10.9 Å². The molecule has 22 heavy (non-hydrogen) atoms. The van der Waals surface area contributed by atoms with E-state index in [1.54, 1.807) is 24.4 Å². The number of pyridine rings is 1. The Labute approximate surface area is 134 Å². The van der Waals surface area contributed by atoms with E-state index in [2.05, 4.69) is 10.3 Å². The van der Waals surface area contributed by atoms with Crippen molar-refractivity contribution in [1.29, 1.82) is 0 Å². The number of hydrogen-bond acceptors (Lipinski definition) is 3. The Morgan fingerprint density at radius 3 is 2.86 bits per heavy atom. The average molecular weight is 320 g/mol. The molecule has 0 bridgehead atoms. The topological polar surface area (TPSA) is 42.0 Å². The van der Waals surface area contributed by atoms with Crippen LogP contribution in [0.5, 0.6) is 0 Å². The average Bonchev–Trinajstić information content (AvgIpc) is 2.49. The van der Waals surface area contributed by atoms with E-state index >= 15 is 0 Å². The maximum Gasteiger partial charge on any atom is 0.230 e. The zero-order chi connectivity index (χ0) is 16.2. The van der Waals surface area contributed by atoms with Crippen molar-refractivity contribution in [3.63, 3.8) is 0 Å². The van der Waals surface area contributed by atoms with Crippen LogP contribution in [0.1, 0.15) is 32.8 Å². The third-order valence-electron chi connectivity index (χ3n) is 3.65. The molecule has 3 nitrogen and oxygen atoms in total. The molecule has 5 heteroatoms. The predicted molar refractivity (Wildman–Crippen MR) is 90.4 cm³/mol. The van der Waals surface area contributed by atoms with Gasteiger partial charge in [-0.05, 0) is 44.0 Å². The Morgan fingerprint density at radius 1 is 1.36 bits per heavy atom. The molecule has 0 atom stereocenters. The minimum atomic E-state index is -0.265. The number of hydrogen-bond donors (Lipinski definition) is 1. The number of rotatable bonds is 6. The first-order chi connectivity index (χ1) is 10.4. The van der Waals surface area contributed by atoms with Gasteiger partial charge < -0.3 is 5.32 Å². The lowest BCUT2D eigenvalue weighted by molar-refractivity contribution is -0.120. The molecule has 2 aromatic rings. The van der Waals surface area contributed by atoms with Crippen LogP contribution in [0.4, 0.5) is 4.39 Å². The van der Waals surface area contributed by atoms with Gasteiger partial charge in [0.15, 0.2) is 0 Å². The van der Waals surface area contributed by atoms with Gasteiger partial charge in [-0.3, -0.25) is 9.78 Å². The molecule has 0 saturated heterocycles. The van der Waals surface area contributed by atoms with Crippen LogP contribution in [0, 0.1) is 5.82 Å². The number of nitrogens with zero attached hydrogens (tertiary/aromatic N) is 1. The van der Waals surface area contributed by atoms with Crippen LogP contribution in [0.3, 0.4) is 0 Å². The highest BCUT2D eigenvalue weighted by molar-refractivity contribution is 7.99. The number of amides is 1. The molecule has 0 fully saturated rings. The molecule has 0 aliphatic rings. The summed E-state index contributed by atoms with van der Waals surface area (Å²) in [5, 5.41) is 3.53. The fraction of sp³-hybridized carbons (Fsp3) is 0.412. The van der Waals surface area contributed by atoms with Crippen molar-refractivity contribution >= 4 is 28.6 Å². The first-order valence-corrected chi connectivity index (χ1v) is 8.49. The van der Waals surface area contributed by atoms with Crippen LogP contribution in [0.2, 0.25) is 0 Å². The molecule has 1 heterocycles. The minimum Gasteiger partial charge on any atom is -0.351 e.